The zero-order valence-electron chi connectivity index (χ0n) is 16.6. The Kier molecular flexibility index (Phi) is 4.64. The number of fused-ring (bicyclic) bond motifs is 1. The molecule has 2 aromatic heterocycles. The first-order valence-electron chi connectivity index (χ1n) is 9.96. The summed E-state index contributed by atoms with van der Waals surface area (Å²) in [4.78, 5) is 25.1. The highest BCUT2D eigenvalue weighted by molar-refractivity contribution is 6.04. The van der Waals surface area contributed by atoms with Crippen molar-refractivity contribution < 1.29 is 18.7 Å². The lowest BCUT2D eigenvalue weighted by Crippen LogP contribution is -2.51. The van der Waals surface area contributed by atoms with Crippen LogP contribution in [0.3, 0.4) is 0 Å². The minimum absolute atomic E-state index is 0.124. The average molecular weight is 407 g/mol. The first-order chi connectivity index (χ1) is 14.6. The van der Waals surface area contributed by atoms with Crippen molar-refractivity contribution >= 4 is 22.9 Å². The van der Waals surface area contributed by atoms with Gasteiger partial charge in [0.15, 0.2) is 12.0 Å². The Morgan fingerprint density at radius 3 is 2.73 bits per heavy atom. The number of rotatable bonds is 3. The number of nitrogens with zero attached hydrogens (tertiary/aromatic N) is 5. The van der Waals surface area contributed by atoms with Crippen molar-refractivity contribution in [2.45, 2.75) is 19.4 Å². The molecule has 2 saturated heterocycles. The number of amides is 1. The zero-order valence-corrected chi connectivity index (χ0v) is 16.6. The quantitative estimate of drug-likeness (QED) is 0.761. The van der Waals surface area contributed by atoms with Crippen LogP contribution in [0.25, 0.3) is 11.1 Å². The molecule has 5 rings (SSSR count). The topological polar surface area (TPSA) is 105 Å². The maximum absolute atomic E-state index is 12.3. The van der Waals surface area contributed by atoms with Crippen molar-refractivity contribution in [1.29, 1.82) is 5.26 Å². The molecule has 0 spiro atoms. The van der Waals surface area contributed by atoms with Crippen LogP contribution in [0.4, 0.5) is 10.5 Å². The second-order valence-electron chi connectivity index (χ2n) is 7.56. The van der Waals surface area contributed by atoms with E-state index in [1.54, 1.807) is 24.3 Å². The fourth-order valence-electron chi connectivity index (χ4n) is 4.04. The molecule has 0 bridgehead atoms. The van der Waals surface area contributed by atoms with Gasteiger partial charge in [-0.15, -0.1) is 0 Å². The van der Waals surface area contributed by atoms with Gasteiger partial charge in [0.05, 0.1) is 24.5 Å². The molecule has 2 aromatic rings. The van der Waals surface area contributed by atoms with Gasteiger partial charge in [-0.1, -0.05) is 0 Å². The fourth-order valence-corrected chi connectivity index (χ4v) is 4.04. The average Bonchev–Trinajstić information content (AvgIpc) is 3.33. The molecule has 30 heavy (non-hydrogen) atoms. The molecule has 9 heteroatoms. The van der Waals surface area contributed by atoms with Crippen molar-refractivity contribution in [2.24, 2.45) is 0 Å². The lowest BCUT2D eigenvalue weighted by molar-refractivity contribution is -0.104. The first kappa shape index (κ1) is 18.6. The van der Waals surface area contributed by atoms with Crippen LogP contribution < -0.4 is 4.90 Å². The Morgan fingerprint density at radius 1 is 1.30 bits per heavy atom. The van der Waals surface area contributed by atoms with E-state index in [9.17, 15) is 10.1 Å². The van der Waals surface area contributed by atoms with E-state index >= 15 is 0 Å². The molecule has 0 aromatic carbocycles. The van der Waals surface area contributed by atoms with Gasteiger partial charge < -0.3 is 23.7 Å². The molecule has 3 aliphatic rings. The Morgan fingerprint density at radius 2 is 2.10 bits per heavy atom. The van der Waals surface area contributed by atoms with Gasteiger partial charge in [-0.2, -0.15) is 5.26 Å². The summed E-state index contributed by atoms with van der Waals surface area (Å²) in [7, 11) is 0. The number of anilines is 1. The van der Waals surface area contributed by atoms with Crippen LogP contribution in [0.2, 0.25) is 0 Å². The third kappa shape index (κ3) is 3.19. The Labute approximate surface area is 173 Å². The van der Waals surface area contributed by atoms with Gasteiger partial charge >= 0.3 is 6.09 Å². The van der Waals surface area contributed by atoms with Crippen molar-refractivity contribution in [3.8, 4) is 6.07 Å². The minimum atomic E-state index is -0.288. The van der Waals surface area contributed by atoms with Gasteiger partial charge in [0.1, 0.15) is 18.0 Å². The highest BCUT2D eigenvalue weighted by atomic mass is 16.6. The van der Waals surface area contributed by atoms with Crippen molar-refractivity contribution in [2.75, 3.05) is 44.3 Å². The number of piperazine rings is 1. The second-order valence-corrected chi connectivity index (χ2v) is 7.56. The number of aromatic nitrogens is 2. The van der Waals surface area contributed by atoms with Gasteiger partial charge in [-0.05, 0) is 6.07 Å². The van der Waals surface area contributed by atoms with Gasteiger partial charge in [-0.3, -0.25) is 4.98 Å². The largest absolute Gasteiger partial charge is 0.449 e. The molecule has 154 valence electrons. The van der Waals surface area contributed by atoms with E-state index in [-0.39, 0.29) is 12.2 Å². The van der Waals surface area contributed by atoms with Crippen LogP contribution in [0, 0.1) is 18.3 Å². The smallest absolute Gasteiger partial charge is 0.410 e. The van der Waals surface area contributed by atoms with Crippen LogP contribution in [0.15, 0.2) is 22.9 Å². The SMILES string of the molecule is Cc1nc(C2=C(C#N)c3c(N4CCN(C(=O)OC5COC5)CC4)ccnc3C2)co1. The van der Waals surface area contributed by atoms with Gasteiger partial charge in [0, 0.05) is 62.5 Å². The predicted molar refractivity (Wildman–Crippen MR) is 106 cm³/mol. The van der Waals surface area contributed by atoms with E-state index < -0.39 is 0 Å². The summed E-state index contributed by atoms with van der Waals surface area (Å²) in [6, 6.07) is 4.29. The third-order valence-corrected chi connectivity index (χ3v) is 5.70. The number of hydrogen-bond donors (Lipinski definition) is 0. The minimum Gasteiger partial charge on any atom is -0.449 e. The zero-order chi connectivity index (χ0) is 20.7. The molecule has 0 N–H and O–H groups in total. The molecule has 1 amide bonds. The van der Waals surface area contributed by atoms with Gasteiger partial charge in [-0.25, -0.2) is 9.78 Å². The summed E-state index contributed by atoms with van der Waals surface area (Å²) >= 11 is 0. The lowest BCUT2D eigenvalue weighted by Gasteiger charge is -2.37. The van der Waals surface area contributed by atoms with Crippen LogP contribution in [-0.2, 0) is 15.9 Å². The summed E-state index contributed by atoms with van der Waals surface area (Å²) in [5.41, 5.74) is 4.81. The number of hydrogen-bond acceptors (Lipinski definition) is 8. The molecule has 1 aliphatic carbocycles. The van der Waals surface area contributed by atoms with E-state index in [4.69, 9.17) is 13.9 Å². The number of carbonyl (C=O) groups is 1. The van der Waals surface area contributed by atoms with Crippen molar-refractivity contribution in [3.63, 3.8) is 0 Å². The van der Waals surface area contributed by atoms with E-state index in [1.165, 1.54) is 0 Å². The van der Waals surface area contributed by atoms with E-state index in [0.717, 1.165) is 22.5 Å². The Balaban J connectivity index is 1.36. The number of oxazole rings is 1. The second kappa shape index (κ2) is 7.46. The predicted octanol–water partition coefficient (Wildman–Crippen LogP) is 2.03. The van der Waals surface area contributed by atoms with E-state index in [0.29, 0.717) is 63.0 Å². The summed E-state index contributed by atoms with van der Waals surface area (Å²) < 4.78 is 15.8. The number of pyridine rings is 1. The number of nitriles is 1. The molecule has 0 radical (unpaired) electrons. The molecule has 2 aliphatic heterocycles. The molecule has 0 atom stereocenters. The summed E-state index contributed by atoms with van der Waals surface area (Å²) in [6.07, 6.45) is 3.50. The summed E-state index contributed by atoms with van der Waals surface area (Å²) in [6.45, 7) is 5.17. The van der Waals surface area contributed by atoms with Crippen LogP contribution >= 0.6 is 0 Å². The number of aryl methyl sites for hydroxylation is 1. The Bertz CT molecular complexity index is 1060. The van der Waals surface area contributed by atoms with E-state index in [1.807, 2.05) is 6.07 Å². The molecular formula is C21H21N5O4. The summed E-state index contributed by atoms with van der Waals surface area (Å²) in [5, 5.41) is 9.91. The standard InChI is InChI=1S/C21H21N5O4/c1-13-24-18(12-29-13)15-8-17-20(16(15)9-22)19(2-3-23-17)25-4-6-26(7-5-25)21(27)30-14-10-28-11-14/h2-3,12,14H,4-8,10-11H2,1H3. The first-order valence-corrected chi connectivity index (χ1v) is 9.96. The highest BCUT2D eigenvalue weighted by Gasteiger charge is 2.32. The maximum Gasteiger partial charge on any atom is 0.410 e. The Hall–Kier alpha value is -3.38. The number of carbonyl (C=O) groups excluding carboxylic acids is 1. The van der Waals surface area contributed by atoms with Crippen LogP contribution in [0.5, 0.6) is 0 Å². The molecule has 4 heterocycles. The maximum atomic E-state index is 12.3. The number of ether oxygens (including phenoxy) is 2. The van der Waals surface area contributed by atoms with Crippen LogP contribution in [-0.4, -0.2) is 66.5 Å². The van der Waals surface area contributed by atoms with Crippen LogP contribution in [0.1, 0.15) is 22.8 Å². The third-order valence-electron chi connectivity index (χ3n) is 5.70. The molecule has 9 nitrogen and oxygen atoms in total. The van der Waals surface area contributed by atoms with Crippen molar-refractivity contribution in [1.82, 2.24) is 14.9 Å². The van der Waals surface area contributed by atoms with Gasteiger partial charge in [0.2, 0.25) is 0 Å². The van der Waals surface area contributed by atoms with Crippen molar-refractivity contribution in [3.05, 3.63) is 41.4 Å². The fraction of sp³-hybridized carbons (Fsp3) is 0.429. The molecule has 0 unspecified atom stereocenters. The molecule has 0 saturated carbocycles. The molecular weight excluding hydrogens is 386 g/mol. The number of allylic oxidation sites excluding steroid dienone is 2. The lowest BCUT2D eigenvalue weighted by atomic mass is 10.0. The monoisotopic (exact) mass is 407 g/mol. The normalized spacial score (nSPS) is 18.8. The molecule has 2 fully saturated rings. The van der Waals surface area contributed by atoms with Gasteiger partial charge in [0.25, 0.3) is 0 Å². The highest BCUT2D eigenvalue weighted by Crippen LogP contribution is 2.41. The van der Waals surface area contributed by atoms with E-state index in [2.05, 4.69) is 20.9 Å². The summed E-state index contributed by atoms with van der Waals surface area (Å²) in [5.74, 6) is 0.565.